The third-order valence-electron chi connectivity index (χ3n) is 0.700. The normalized spacial score (nSPS) is 16.4. The maximum absolute atomic E-state index is 10.8. The zero-order valence-electron chi connectivity index (χ0n) is 6.69. The molecule has 0 radical (unpaired) electrons. The van der Waals surface area contributed by atoms with Crippen molar-refractivity contribution in [1.29, 1.82) is 0 Å². The summed E-state index contributed by atoms with van der Waals surface area (Å²) in [7, 11) is -3.84. The van der Waals surface area contributed by atoms with Gasteiger partial charge in [-0.15, -0.1) is 6.58 Å². The van der Waals surface area contributed by atoms with E-state index in [0.717, 1.165) is 0 Å². The van der Waals surface area contributed by atoms with Crippen LogP contribution >= 0.6 is 7.82 Å². The molecule has 0 fully saturated rings. The van der Waals surface area contributed by atoms with Crippen LogP contribution in [0.3, 0.4) is 0 Å². The molecule has 0 bridgehead atoms. The predicted molar refractivity (Wildman–Crippen MR) is 42.2 cm³/mol. The van der Waals surface area contributed by atoms with Crippen LogP contribution in [0.4, 0.5) is 0 Å². The van der Waals surface area contributed by atoms with Crippen molar-refractivity contribution in [2.75, 3.05) is 6.61 Å². The highest BCUT2D eigenvalue weighted by molar-refractivity contribution is 7.47. The molecule has 0 rings (SSSR count). The molecule has 0 saturated heterocycles. The summed E-state index contributed by atoms with van der Waals surface area (Å²) in [6.45, 7) is 6.65. The van der Waals surface area contributed by atoms with Crippen molar-refractivity contribution in [1.82, 2.24) is 0 Å². The fourth-order valence-electron chi connectivity index (χ4n) is 0.444. The van der Waals surface area contributed by atoms with Crippen molar-refractivity contribution in [3.05, 3.63) is 12.7 Å². The summed E-state index contributed by atoms with van der Waals surface area (Å²) in [5.41, 5.74) is 0. The molecule has 4 nitrogen and oxygen atoms in total. The number of rotatable bonds is 5. The molecular formula is C6H13O4P. The van der Waals surface area contributed by atoms with Gasteiger partial charge in [0.25, 0.3) is 0 Å². The van der Waals surface area contributed by atoms with Crippen molar-refractivity contribution in [3.63, 3.8) is 0 Å². The Labute approximate surface area is 66.4 Å². The SMILES string of the molecule is C=CCOP(=O)(O)OC(C)C. The van der Waals surface area contributed by atoms with Gasteiger partial charge in [0.2, 0.25) is 0 Å². The van der Waals surface area contributed by atoms with E-state index in [1.807, 2.05) is 0 Å². The molecule has 0 aromatic heterocycles. The first-order valence-electron chi connectivity index (χ1n) is 3.24. The summed E-state index contributed by atoms with van der Waals surface area (Å²) in [4.78, 5) is 8.88. The molecule has 0 saturated carbocycles. The number of phosphoric acid groups is 1. The molecule has 0 amide bonds. The predicted octanol–water partition coefficient (Wildman–Crippen LogP) is 1.71. The second kappa shape index (κ2) is 4.67. The second-order valence-electron chi connectivity index (χ2n) is 2.21. The smallest absolute Gasteiger partial charge is 0.302 e. The average Bonchev–Trinajstić information content (AvgIpc) is 1.81. The Morgan fingerprint density at radius 1 is 1.73 bits per heavy atom. The molecule has 1 unspecified atom stereocenters. The van der Waals surface area contributed by atoms with Crippen molar-refractivity contribution in [2.45, 2.75) is 20.0 Å². The molecule has 0 heterocycles. The molecule has 5 heteroatoms. The lowest BCUT2D eigenvalue weighted by atomic mass is 10.5. The summed E-state index contributed by atoms with van der Waals surface area (Å²) in [5.74, 6) is 0. The van der Waals surface area contributed by atoms with Crippen LogP contribution in [-0.4, -0.2) is 17.6 Å². The maximum atomic E-state index is 10.8. The second-order valence-corrected chi connectivity index (χ2v) is 3.61. The van der Waals surface area contributed by atoms with E-state index in [1.54, 1.807) is 13.8 Å². The summed E-state index contributed by atoms with van der Waals surface area (Å²) >= 11 is 0. The van der Waals surface area contributed by atoms with Crippen LogP contribution < -0.4 is 0 Å². The molecule has 0 aliphatic rings. The molecule has 0 aliphatic heterocycles. The van der Waals surface area contributed by atoms with Gasteiger partial charge in [0, 0.05) is 0 Å². The van der Waals surface area contributed by atoms with Gasteiger partial charge in [0.05, 0.1) is 12.7 Å². The largest absolute Gasteiger partial charge is 0.472 e. The molecule has 0 aromatic carbocycles. The Kier molecular flexibility index (Phi) is 4.61. The van der Waals surface area contributed by atoms with Crippen LogP contribution in [0, 0.1) is 0 Å². The van der Waals surface area contributed by atoms with Crippen molar-refractivity contribution in [2.24, 2.45) is 0 Å². The lowest BCUT2D eigenvalue weighted by molar-refractivity contribution is 0.129. The average molecular weight is 180 g/mol. The van der Waals surface area contributed by atoms with Crippen LogP contribution in [0.5, 0.6) is 0 Å². The van der Waals surface area contributed by atoms with E-state index in [4.69, 9.17) is 4.89 Å². The van der Waals surface area contributed by atoms with Gasteiger partial charge < -0.3 is 4.89 Å². The number of hydrogen-bond acceptors (Lipinski definition) is 3. The molecule has 1 N–H and O–H groups in total. The first kappa shape index (κ1) is 10.8. The zero-order valence-corrected chi connectivity index (χ0v) is 7.58. The molecule has 1 atom stereocenters. The maximum Gasteiger partial charge on any atom is 0.472 e. The van der Waals surface area contributed by atoms with E-state index in [0.29, 0.717) is 0 Å². The van der Waals surface area contributed by atoms with E-state index < -0.39 is 7.82 Å². The van der Waals surface area contributed by atoms with Crippen LogP contribution in [0.15, 0.2) is 12.7 Å². The van der Waals surface area contributed by atoms with Gasteiger partial charge in [0.15, 0.2) is 0 Å². The molecule has 11 heavy (non-hydrogen) atoms. The minimum Gasteiger partial charge on any atom is -0.302 e. The first-order chi connectivity index (χ1) is 4.98. The zero-order chi connectivity index (χ0) is 8.91. The minimum atomic E-state index is -3.84. The highest BCUT2D eigenvalue weighted by atomic mass is 31.2. The molecular weight excluding hydrogens is 167 g/mol. The van der Waals surface area contributed by atoms with E-state index in [2.05, 4.69) is 15.6 Å². The summed E-state index contributed by atoms with van der Waals surface area (Å²) in [6.07, 6.45) is 1.06. The van der Waals surface area contributed by atoms with E-state index in [1.165, 1.54) is 6.08 Å². The molecule has 0 aliphatic carbocycles. The molecule has 0 aromatic rings. The van der Waals surface area contributed by atoms with Gasteiger partial charge in [-0.05, 0) is 13.8 Å². The minimum absolute atomic E-state index is 0.0144. The Morgan fingerprint density at radius 3 is 2.64 bits per heavy atom. The molecule has 0 spiro atoms. The van der Waals surface area contributed by atoms with Crippen LogP contribution in [0.2, 0.25) is 0 Å². The lowest BCUT2D eigenvalue weighted by Crippen LogP contribution is -2.02. The van der Waals surface area contributed by atoms with Crippen molar-refractivity contribution < 1.29 is 18.5 Å². The Bertz CT molecular complexity index is 166. The van der Waals surface area contributed by atoms with E-state index in [9.17, 15) is 4.57 Å². The number of hydrogen-bond donors (Lipinski definition) is 1. The van der Waals surface area contributed by atoms with Crippen molar-refractivity contribution in [3.8, 4) is 0 Å². The Hall–Kier alpha value is -0.150. The monoisotopic (exact) mass is 180 g/mol. The third-order valence-corrected chi connectivity index (χ3v) is 1.86. The van der Waals surface area contributed by atoms with Gasteiger partial charge >= 0.3 is 7.82 Å². The van der Waals surface area contributed by atoms with E-state index in [-0.39, 0.29) is 12.7 Å². The van der Waals surface area contributed by atoms with Gasteiger partial charge in [-0.1, -0.05) is 6.08 Å². The fourth-order valence-corrected chi connectivity index (χ4v) is 1.33. The fraction of sp³-hybridized carbons (Fsp3) is 0.667. The van der Waals surface area contributed by atoms with Crippen LogP contribution in [0.1, 0.15) is 13.8 Å². The van der Waals surface area contributed by atoms with Crippen molar-refractivity contribution >= 4 is 7.82 Å². The van der Waals surface area contributed by atoms with Crippen LogP contribution in [0.25, 0.3) is 0 Å². The standard InChI is InChI=1S/C6H13O4P/c1-4-5-9-11(7,8)10-6(2)3/h4,6H,1,5H2,2-3H3,(H,7,8). The topological polar surface area (TPSA) is 55.8 Å². The van der Waals surface area contributed by atoms with Gasteiger partial charge in [-0.2, -0.15) is 0 Å². The van der Waals surface area contributed by atoms with E-state index >= 15 is 0 Å². The summed E-state index contributed by atoms with van der Waals surface area (Å²) < 4.78 is 19.9. The highest BCUT2D eigenvalue weighted by Crippen LogP contribution is 2.44. The Balaban J connectivity index is 3.80. The molecule has 66 valence electrons. The summed E-state index contributed by atoms with van der Waals surface area (Å²) in [6, 6.07) is 0. The van der Waals surface area contributed by atoms with Gasteiger partial charge in [0.1, 0.15) is 0 Å². The first-order valence-corrected chi connectivity index (χ1v) is 4.74. The Morgan fingerprint density at radius 2 is 2.27 bits per heavy atom. The number of phosphoric ester groups is 1. The lowest BCUT2D eigenvalue weighted by Gasteiger charge is -2.12. The van der Waals surface area contributed by atoms with Gasteiger partial charge in [-0.25, -0.2) is 4.57 Å². The highest BCUT2D eigenvalue weighted by Gasteiger charge is 2.21. The third kappa shape index (κ3) is 6.26. The quantitative estimate of drug-likeness (QED) is 0.517. The van der Waals surface area contributed by atoms with Crippen LogP contribution in [-0.2, 0) is 13.6 Å². The summed E-state index contributed by atoms with van der Waals surface area (Å²) in [5, 5.41) is 0. The van der Waals surface area contributed by atoms with Gasteiger partial charge in [-0.3, -0.25) is 9.05 Å².